The van der Waals surface area contributed by atoms with E-state index in [2.05, 4.69) is 31.2 Å². The van der Waals surface area contributed by atoms with Crippen molar-refractivity contribution in [1.82, 2.24) is 0 Å². The summed E-state index contributed by atoms with van der Waals surface area (Å²) in [5, 5.41) is 0. The zero-order valence-corrected chi connectivity index (χ0v) is 14.8. The minimum absolute atomic E-state index is 0.865. The van der Waals surface area contributed by atoms with Gasteiger partial charge in [0.15, 0.2) is 0 Å². The molecule has 0 saturated carbocycles. The Balaban J connectivity index is 1.79. The fourth-order valence-corrected chi connectivity index (χ4v) is 3.00. The van der Waals surface area contributed by atoms with Crippen molar-refractivity contribution in [3.8, 4) is 0 Å². The normalized spacial score (nSPS) is 11.0. The largest absolute Gasteiger partial charge is 0.330 e. The molecule has 0 saturated heterocycles. The van der Waals surface area contributed by atoms with Crippen LogP contribution in [-0.2, 0) is 6.42 Å². The third-order valence-electron chi connectivity index (χ3n) is 4.54. The standard InChI is InChI=1S/C21H37N/c1-20-15-17-21(18-16-20)14-12-10-8-6-4-2-3-5-7-9-11-13-19-22/h15-18H,2-14,19,22H2,1H3. The smallest absolute Gasteiger partial charge is 0.00773 e. The Kier molecular flexibility index (Phi) is 12.1. The molecule has 2 N–H and O–H groups in total. The van der Waals surface area contributed by atoms with Gasteiger partial charge in [-0.1, -0.05) is 94.0 Å². The lowest BCUT2D eigenvalue weighted by atomic mass is 10.0. The van der Waals surface area contributed by atoms with E-state index in [0.717, 1.165) is 6.54 Å². The second kappa shape index (κ2) is 13.8. The Morgan fingerprint density at radius 3 is 1.45 bits per heavy atom. The van der Waals surface area contributed by atoms with E-state index in [1.165, 1.54) is 94.6 Å². The zero-order chi connectivity index (χ0) is 15.9. The van der Waals surface area contributed by atoms with Gasteiger partial charge in [-0.15, -0.1) is 0 Å². The highest BCUT2D eigenvalue weighted by atomic mass is 14.5. The number of rotatable bonds is 14. The predicted octanol–water partition coefficient (Wildman–Crippen LogP) is 6.18. The van der Waals surface area contributed by atoms with Crippen LogP contribution in [0.5, 0.6) is 0 Å². The first-order valence-electron chi connectivity index (χ1n) is 9.58. The number of unbranched alkanes of at least 4 members (excludes halogenated alkanes) is 11. The van der Waals surface area contributed by atoms with E-state index in [1.807, 2.05) is 0 Å². The molecule has 1 aromatic rings. The van der Waals surface area contributed by atoms with Crippen LogP contribution in [0.2, 0.25) is 0 Å². The molecule has 1 aromatic carbocycles. The van der Waals surface area contributed by atoms with Crippen molar-refractivity contribution in [2.45, 2.75) is 90.4 Å². The summed E-state index contributed by atoms with van der Waals surface area (Å²) in [5.74, 6) is 0. The van der Waals surface area contributed by atoms with E-state index >= 15 is 0 Å². The molecule has 0 fully saturated rings. The maximum absolute atomic E-state index is 5.50. The first kappa shape index (κ1) is 19.2. The summed E-state index contributed by atoms with van der Waals surface area (Å²) >= 11 is 0. The molecule has 0 aliphatic heterocycles. The lowest BCUT2D eigenvalue weighted by molar-refractivity contribution is 0.541. The minimum atomic E-state index is 0.865. The van der Waals surface area contributed by atoms with E-state index in [9.17, 15) is 0 Å². The molecule has 0 heterocycles. The third kappa shape index (κ3) is 10.8. The first-order valence-corrected chi connectivity index (χ1v) is 9.58. The van der Waals surface area contributed by atoms with Crippen molar-refractivity contribution in [2.75, 3.05) is 6.54 Å². The van der Waals surface area contributed by atoms with Crippen molar-refractivity contribution in [1.29, 1.82) is 0 Å². The highest BCUT2D eigenvalue weighted by Crippen LogP contribution is 2.13. The van der Waals surface area contributed by atoms with E-state index in [-0.39, 0.29) is 0 Å². The summed E-state index contributed by atoms with van der Waals surface area (Å²) in [4.78, 5) is 0. The number of nitrogens with two attached hydrogens (primary N) is 1. The van der Waals surface area contributed by atoms with Gasteiger partial charge < -0.3 is 5.73 Å². The second-order valence-electron chi connectivity index (χ2n) is 6.77. The van der Waals surface area contributed by atoms with E-state index in [4.69, 9.17) is 5.73 Å². The molecule has 0 unspecified atom stereocenters. The molecule has 126 valence electrons. The number of hydrogen-bond acceptors (Lipinski definition) is 1. The minimum Gasteiger partial charge on any atom is -0.330 e. The number of hydrogen-bond donors (Lipinski definition) is 1. The van der Waals surface area contributed by atoms with Gasteiger partial charge in [-0.05, 0) is 38.3 Å². The fourth-order valence-electron chi connectivity index (χ4n) is 3.00. The quantitative estimate of drug-likeness (QED) is 0.408. The summed E-state index contributed by atoms with van der Waals surface area (Å²) in [6.45, 7) is 3.02. The molecule has 1 heteroatoms. The van der Waals surface area contributed by atoms with Gasteiger partial charge in [0.2, 0.25) is 0 Å². The molecule has 0 aliphatic rings. The molecule has 0 atom stereocenters. The van der Waals surface area contributed by atoms with Crippen LogP contribution in [0.15, 0.2) is 24.3 Å². The lowest BCUT2D eigenvalue weighted by Crippen LogP contribution is -1.97. The van der Waals surface area contributed by atoms with E-state index < -0.39 is 0 Å². The molecule has 22 heavy (non-hydrogen) atoms. The molecule has 1 rings (SSSR count). The van der Waals surface area contributed by atoms with Crippen LogP contribution in [-0.4, -0.2) is 6.54 Å². The highest BCUT2D eigenvalue weighted by molar-refractivity contribution is 5.21. The molecule has 0 amide bonds. The van der Waals surface area contributed by atoms with Gasteiger partial charge in [-0.2, -0.15) is 0 Å². The van der Waals surface area contributed by atoms with Crippen LogP contribution < -0.4 is 5.73 Å². The average Bonchev–Trinajstić information content (AvgIpc) is 2.53. The topological polar surface area (TPSA) is 26.0 Å². The van der Waals surface area contributed by atoms with Crippen LogP contribution >= 0.6 is 0 Å². The van der Waals surface area contributed by atoms with E-state index in [1.54, 1.807) is 0 Å². The molecule has 0 bridgehead atoms. The lowest BCUT2D eigenvalue weighted by Gasteiger charge is -2.04. The Labute approximate surface area is 138 Å². The number of aryl methyl sites for hydroxylation is 2. The van der Waals surface area contributed by atoms with Gasteiger partial charge in [-0.3, -0.25) is 0 Å². The first-order chi connectivity index (χ1) is 10.8. The van der Waals surface area contributed by atoms with Gasteiger partial charge in [0.1, 0.15) is 0 Å². The summed E-state index contributed by atoms with van der Waals surface area (Å²) in [5.41, 5.74) is 8.36. The molecule has 0 aromatic heterocycles. The summed E-state index contributed by atoms with van der Waals surface area (Å²) in [6, 6.07) is 9.02. The fraction of sp³-hybridized carbons (Fsp3) is 0.714. The van der Waals surface area contributed by atoms with Crippen LogP contribution in [0, 0.1) is 6.92 Å². The molecular weight excluding hydrogens is 266 g/mol. The van der Waals surface area contributed by atoms with Gasteiger partial charge >= 0.3 is 0 Å². The van der Waals surface area contributed by atoms with Gasteiger partial charge in [0.05, 0.1) is 0 Å². The molecule has 0 aliphatic carbocycles. The van der Waals surface area contributed by atoms with Gasteiger partial charge in [0.25, 0.3) is 0 Å². The maximum atomic E-state index is 5.50. The Morgan fingerprint density at radius 1 is 0.591 bits per heavy atom. The zero-order valence-electron chi connectivity index (χ0n) is 14.8. The third-order valence-corrected chi connectivity index (χ3v) is 4.54. The van der Waals surface area contributed by atoms with Crippen LogP contribution in [0.4, 0.5) is 0 Å². The Hall–Kier alpha value is -0.820. The maximum Gasteiger partial charge on any atom is -0.00773 e. The molecule has 0 radical (unpaired) electrons. The predicted molar refractivity (Wildman–Crippen MR) is 99.3 cm³/mol. The van der Waals surface area contributed by atoms with E-state index in [0.29, 0.717) is 0 Å². The number of benzene rings is 1. The summed E-state index contributed by atoms with van der Waals surface area (Å²) < 4.78 is 0. The summed E-state index contributed by atoms with van der Waals surface area (Å²) in [7, 11) is 0. The van der Waals surface area contributed by atoms with Crippen molar-refractivity contribution < 1.29 is 0 Å². The molecular formula is C21H37N. The molecule has 0 spiro atoms. The average molecular weight is 304 g/mol. The summed E-state index contributed by atoms with van der Waals surface area (Å²) in [6.07, 6.45) is 17.9. The molecule has 1 nitrogen and oxygen atoms in total. The van der Waals surface area contributed by atoms with Crippen LogP contribution in [0.25, 0.3) is 0 Å². The van der Waals surface area contributed by atoms with Crippen LogP contribution in [0.1, 0.15) is 88.2 Å². The van der Waals surface area contributed by atoms with Crippen molar-refractivity contribution in [2.24, 2.45) is 5.73 Å². The van der Waals surface area contributed by atoms with Gasteiger partial charge in [0, 0.05) is 0 Å². The van der Waals surface area contributed by atoms with Crippen molar-refractivity contribution in [3.05, 3.63) is 35.4 Å². The van der Waals surface area contributed by atoms with Crippen molar-refractivity contribution >= 4 is 0 Å². The SMILES string of the molecule is Cc1ccc(CCCCCCCCCCCCCCN)cc1. The van der Waals surface area contributed by atoms with Crippen LogP contribution in [0.3, 0.4) is 0 Å². The Bertz CT molecular complexity index is 341. The van der Waals surface area contributed by atoms with Crippen molar-refractivity contribution in [3.63, 3.8) is 0 Å². The second-order valence-corrected chi connectivity index (χ2v) is 6.77. The van der Waals surface area contributed by atoms with Gasteiger partial charge in [-0.25, -0.2) is 0 Å². The Morgan fingerprint density at radius 2 is 1.00 bits per heavy atom. The monoisotopic (exact) mass is 303 g/mol. The highest BCUT2D eigenvalue weighted by Gasteiger charge is 1.95.